The van der Waals surface area contributed by atoms with Crippen LogP contribution in [0.1, 0.15) is 19.8 Å². The fraction of sp³-hybridized carbons (Fsp3) is 0.385. The zero-order chi connectivity index (χ0) is 12.1. The van der Waals surface area contributed by atoms with Gasteiger partial charge in [-0.05, 0) is 25.8 Å². The largest absolute Gasteiger partial charge is 0.354 e. The predicted octanol–water partition coefficient (Wildman–Crippen LogP) is 2.17. The van der Waals surface area contributed by atoms with E-state index >= 15 is 0 Å². The number of nitrogens with two attached hydrogens (primary N) is 1. The number of fused-ring (bicyclic) bond motifs is 1. The van der Waals surface area contributed by atoms with Crippen LogP contribution in [-0.4, -0.2) is 22.6 Å². The van der Waals surface area contributed by atoms with Gasteiger partial charge in [0.2, 0.25) is 5.95 Å². The number of nitrogens with one attached hydrogen (secondary N) is 1. The molecule has 0 spiro atoms. The third kappa shape index (κ3) is 3.39. The summed E-state index contributed by atoms with van der Waals surface area (Å²) in [5.74, 6) is 0.688. The van der Waals surface area contributed by atoms with E-state index in [4.69, 9.17) is 5.73 Å². The van der Waals surface area contributed by atoms with Crippen molar-refractivity contribution in [3.05, 3.63) is 30.5 Å². The topological polar surface area (TPSA) is 63.8 Å². The number of anilines is 1. The molecule has 3 N–H and O–H groups in total. The van der Waals surface area contributed by atoms with E-state index in [0.717, 1.165) is 30.3 Å². The first-order valence-corrected chi connectivity index (χ1v) is 5.97. The number of benzene rings is 1. The van der Waals surface area contributed by atoms with E-state index in [9.17, 15) is 0 Å². The highest BCUT2D eigenvalue weighted by Gasteiger charge is 1.99. The van der Waals surface area contributed by atoms with E-state index in [2.05, 4.69) is 15.3 Å². The summed E-state index contributed by atoms with van der Waals surface area (Å²) in [6.45, 7) is 2.88. The van der Waals surface area contributed by atoms with Crippen LogP contribution >= 0.6 is 0 Å². The second kappa shape index (κ2) is 5.59. The molecule has 90 valence electrons. The van der Waals surface area contributed by atoms with Gasteiger partial charge >= 0.3 is 0 Å². The third-order valence-corrected chi connectivity index (χ3v) is 2.61. The molecule has 1 heterocycles. The van der Waals surface area contributed by atoms with Crippen LogP contribution in [0.4, 0.5) is 5.95 Å². The molecule has 0 saturated heterocycles. The average molecular weight is 230 g/mol. The molecular weight excluding hydrogens is 212 g/mol. The molecule has 0 bridgehead atoms. The first-order valence-electron chi connectivity index (χ1n) is 5.97. The molecule has 0 aliphatic rings. The Morgan fingerprint density at radius 3 is 3.00 bits per heavy atom. The lowest BCUT2D eigenvalue weighted by atomic mass is 10.2. The van der Waals surface area contributed by atoms with Crippen LogP contribution in [0.15, 0.2) is 30.5 Å². The summed E-state index contributed by atoms with van der Waals surface area (Å²) in [6, 6.07) is 8.23. The van der Waals surface area contributed by atoms with Crippen LogP contribution in [0.3, 0.4) is 0 Å². The molecule has 1 aromatic carbocycles. The van der Waals surface area contributed by atoms with E-state index < -0.39 is 0 Å². The van der Waals surface area contributed by atoms with E-state index in [0.29, 0.717) is 5.95 Å². The molecule has 4 heteroatoms. The molecule has 2 rings (SSSR count). The predicted molar refractivity (Wildman–Crippen MR) is 70.9 cm³/mol. The zero-order valence-corrected chi connectivity index (χ0v) is 10.1. The minimum atomic E-state index is 0.259. The van der Waals surface area contributed by atoms with Gasteiger partial charge in [-0.2, -0.15) is 0 Å². The van der Waals surface area contributed by atoms with Gasteiger partial charge in [-0.25, -0.2) is 9.97 Å². The van der Waals surface area contributed by atoms with Crippen molar-refractivity contribution in [2.24, 2.45) is 5.73 Å². The van der Waals surface area contributed by atoms with Crippen molar-refractivity contribution in [1.29, 1.82) is 0 Å². The number of aromatic nitrogens is 2. The number of hydrogen-bond acceptors (Lipinski definition) is 4. The van der Waals surface area contributed by atoms with Gasteiger partial charge in [0.05, 0.1) is 5.52 Å². The SMILES string of the molecule is CC(N)CCCNc1ncc2ccccc2n1. The Kier molecular flexibility index (Phi) is 3.88. The van der Waals surface area contributed by atoms with E-state index in [1.165, 1.54) is 0 Å². The van der Waals surface area contributed by atoms with Gasteiger partial charge < -0.3 is 11.1 Å². The lowest BCUT2D eigenvalue weighted by molar-refractivity contribution is 0.638. The molecule has 0 aliphatic carbocycles. The van der Waals surface area contributed by atoms with Crippen LogP contribution in [-0.2, 0) is 0 Å². The first-order chi connectivity index (χ1) is 8.25. The maximum absolute atomic E-state index is 5.69. The van der Waals surface area contributed by atoms with Crippen molar-refractivity contribution in [2.45, 2.75) is 25.8 Å². The summed E-state index contributed by atoms with van der Waals surface area (Å²) in [5, 5.41) is 4.28. The zero-order valence-electron chi connectivity index (χ0n) is 10.1. The summed E-state index contributed by atoms with van der Waals surface area (Å²) < 4.78 is 0. The van der Waals surface area contributed by atoms with Gasteiger partial charge in [0.1, 0.15) is 0 Å². The van der Waals surface area contributed by atoms with Crippen molar-refractivity contribution >= 4 is 16.9 Å². The highest BCUT2D eigenvalue weighted by molar-refractivity contribution is 5.78. The van der Waals surface area contributed by atoms with Crippen molar-refractivity contribution < 1.29 is 0 Å². The first kappa shape index (κ1) is 11.8. The van der Waals surface area contributed by atoms with Gasteiger partial charge in [-0.3, -0.25) is 0 Å². The van der Waals surface area contributed by atoms with Crippen LogP contribution in [0.5, 0.6) is 0 Å². The normalized spacial score (nSPS) is 12.6. The molecular formula is C13H18N4. The molecule has 1 aromatic heterocycles. The van der Waals surface area contributed by atoms with Crippen molar-refractivity contribution in [3.8, 4) is 0 Å². The van der Waals surface area contributed by atoms with Crippen LogP contribution in [0.25, 0.3) is 10.9 Å². The van der Waals surface area contributed by atoms with E-state index in [1.807, 2.05) is 37.4 Å². The van der Waals surface area contributed by atoms with Crippen molar-refractivity contribution in [1.82, 2.24) is 9.97 Å². The number of nitrogens with zero attached hydrogens (tertiary/aromatic N) is 2. The van der Waals surface area contributed by atoms with Crippen molar-refractivity contribution in [2.75, 3.05) is 11.9 Å². The summed E-state index contributed by atoms with van der Waals surface area (Å²) in [7, 11) is 0. The molecule has 0 aliphatic heterocycles. The standard InChI is InChI=1S/C13H18N4/c1-10(14)5-4-8-15-13-16-9-11-6-2-3-7-12(11)17-13/h2-3,6-7,9-10H,4-5,8,14H2,1H3,(H,15,16,17). The second-order valence-corrected chi connectivity index (χ2v) is 4.30. The average Bonchev–Trinajstić information content (AvgIpc) is 2.34. The molecule has 1 atom stereocenters. The highest BCUT2D eigenvalue weighted by Crippen LogP contribution is 2.11. The second-order valence-electron chi connectivity index (χ2n) is 4.30. The monoisotopic (exact) mass is 230 g/mol. The quantitative estimate of drug-likeness (QED) is 0.773. The fourth-order valence-corrected chi connectivity index (χ4v) is 1.68. The summed E-state index contributed by atoms with van der Waals surface area (Å²) in [4.78, 5) is 8.71. The Hall–Kier alpha value is -1.68. The minimum absolute atomic E-state index is 0.259. The third-order valence-electron chi connectivity index (χ3n) is 2.61. The van der Waals surface area contributed by atoms with Gasteiger partial charge in [0, 0.05) is 24.2 Å². The van der Waals surface area contributed by atoms with Crippen LogP contribution in [0.2, 0.25) is 0 Å². The Balaban J connectivity index is 1.95. The van der Waals surface area contributed by atoms with Gasteiger partial charge in [0.25, 0.3) is 0 Å². The van der Waals surface area contributed by atoms with Gasteiger partial charge in [0.15, 0.2) is 0 Å². The summed E-state index contributed by atoms with van der Waals surface area (Å²) >= 11 is 0. The van der Waals surface area contributed by atoms with Crippen LogP contribution < -0.4 is 11.1 Å². The number of hydrogen-bond donors (Lipinski definition) is 2. The van der Waals surface area contributed by atoms with E-state index in [1.54, 1.807) is 0 Å². The smallest absolute Gasteiger partial charge is 0.223 e. The lowest BCUT2D eigenvalue weighted by Crippen LogP contribution is -2.16. The Morgan fingerprint density at radius 1 is 1.35 bits per heavy atom. The molecule has 0 radical (unpaired) electrons. The maximum Gasteiger partial charge on any atom is 0.223 e. The number of rotatable bonds is 5. The molecule has 2 aromatic rings. The maximum atomic E-state index is 5.69. The molecule has 4 nitrogen and oxygen atoms in total. The molecule has 0 saturated carbocycles. The molecule has 1 unspecified atom stereocenters. The highest BCUT2D eigenvalue weighted by atomic mass is 15.1. The molecule has 0 fully saturated rings. The fourth-order valence-electron chi connectivity index (χ4n) is 1.68. The lowest BCUT2D eigenvalue weighted by Gasteiger charge is -2.07. The Morgan fingerprint density at radius 2 is 2.18 bits per heavy atom. The van der Waals surface area contributed by atoms with Crippen molar-refractivity contribution in [3.63, 3.8) is 0 Å². The molecule has 0 amide bonds. The Labute approximate surface area is 101 Å². The van der Waals surface area contributed by atoms with Gasteiger partial charge in [-0.15, -0.1) is 0 Å². The van der Waals surface area contributed by atoms with Gasteiger partial charge in [-0.1, -0.05) is 18.2 Å². The molecule has 17 heavy (non-hydrogen) atoms. The number of para-hydroxylation sites is 1. The Bertz CT molecular complexity index is 482. The minimum Gasteiger partial charge on any atom is -0.354 e. The van der Waals surface area contributed by atoms with Crippen LogP contribution in [0, 0.1) is 0 Å². The summed E-state index contributed by atoms with van der Waals surface area (Å²) in [5.41, 5.74) is 6.66. The van der Waals surface area contributed by atoms with E-state index in [-0.39, 0.29) is 6.04 Å². The summed E-state index contributed by atoms with van der Waals surface area (Å²) in [6.07, 6.45) is 3.89.